The standard InChI is InChI=1S/C13H26O3/c1-3-11(14)6-5-9-16-13-8-4-7-12(10-13)15-2/h11-14H,3-10H2,1-2H3. The van der Waals surface area contributed by atoms with Gasteiger partial charge in [-0.25, -0.2) is 0 Å². The molecule has 1 rings (SSSR count). The van der Waals surface area contributed by atoms with Crippen LogP contribution in [0, 0.1) is 0 Å². The van der Waals surface area contributed by atoms with Crippen molar-refractivity contribution < 1.29 is 14.6 Å². The van der Waals surface area contributed by atoms with Crippen molar-refractivity contribution in [3.63, 3.8) is 0 Å². The van der Waals surface area contributed by atoms with Crippen molar-refractivity contribution in [2.75, 3.05) is 13.7 Å². The van der Waals surface area contributed by atoms with Crippen LogP contribution in [0.5, 0.6) is 0 Å². The molecular weight excluding hydrogens is 204 g/mol. The molecule has 3 heteroatoms. The van der Waals surface area contributed by atoms with E-state index in [0.717, 1.165) is 38.7 Å². The first-order chi connectivity index (χ1) is 7.76. The lowest BCUT2D eigenvalue weighted by Gasteiger charge is -2.28. The number of aliphatic hydroxyl groups excluding tert-OH is 1. The van der Waals surface area contributed by atoms with Gasteiger partial charge < -0.3 is 14.6 Å². The Kier molecular flexibility index (Phi) is 7.01. The van der Waals surface area contributed by atoms with E-state index in [4.69, 9.17) is 9.47 Å². The molecule has 0 amide bonds. The van der Waals surface area contributed by atoms with Crippen LogP contribution < -0.4 is 0 Å². The summed E-state index contributed by atoms with van der Waals surface area (Å²) in [6, 6.07) is 0. The lowest BCUT2D eigenvalue weighted by atomic mass is 9.95. The van der Waals surface area contributed by atoms with Crippen molar-refractivity contribution in [3.05, 3.63) is 0 Å². The molecular formula is C13H26O3. The van der Waals surface area contributed by atoms with Crippen molar-refractivity contribution >= 4 is 0 Å². The van der Waals surface area contributed by atoms with E-state index in [0.29, 0.717) is 12.2 Å². The van der Waals surface area contributed by atoms with Gasteiger partial charge in [0, 0.05) is 13.7 Å². The molecule has 1 aliphatic carbocycles. The number of aliphatic hydroxyl groups is 1. The summed E-state index contributed by atoms with van der Waals surface area (Å²) in [6.07, 6.45) is 7.85. The molecule has 1 N–H and O–H groups in total. The zero-order valence-corrected chi connectivity index (χ0v) is 10.7. The molecule has 1 aliphatic rings. The maximum absolute atomic E-state index is 9.40. The summed E-state index contributed by atoms with van der Waals surface area (Å²) in [7, 11) is 1.78. The van der Waals surface area contributed by atoms with E-state index in [9.17, 15) is 5.11 Å². The number of hydrogen-bond acceptors (Lipinski definition) is 3. The van der Waals surface area contributed by atoms with Crippen molar-refractivity contribution in [1.29, 1.82) is 0 Å². The molecule has 0 spiro atoms. The van der Waals surface area contributed by atoms with Crippen LogP contribution in [0.1, 0.15) is 51.9 Å². The molecule has 96 valence electrons. The van der Waals surface area contributed by atoms with Gasteiger partial charge in [-0.05, 0) is 44.9 Å². The van der Waals surface area contributed by atoms with Crippen LogP contribution in [-0.4, -0.2) is 37.1 Å². The Hall–Kier alpha value is -0.120. The lowest BCUT2D eigenvalue weighted by Crippen LogP contribution is -2.27. The van der Waals surface area contributed by atoms with E-state index >= 15 is 0 Å². The Morgan fingerprint density at radius 1 is 1.31 bits per heavy atom. The minimum absolute atomic E-state index is 0.151. The van der Waals surface area contributed by atoms with E-state index in [1.54, 1.807) is 7.11 Å². The van der Waals surface area contributed by atoms with E-state index in [-0.39, 0.29) is 6.10 Å². The predicted octanol–water partition coefficient (Wildman–Crippen LogP) is 2.51. The first kappa shape index (κ1) is 13.9. The topological polar surface area (TPSA) is 38.7 Å². The second kappa shape index (κ2) is 8.04. The van der Waals surface area contributed by atoms with Crippen LogP contribution in [0.2, 0.25) is 0 Å². The maximum atomic E-state index is 9.40. The van der Waals surface area contributed by atoms with E-state index < -0.39 is 0 Å². The molecule has 0 aromatic heterocycles. The van der Waals surface area contributed by atoms with Crippen LogP contribution >= 0.6 is 0 Å². The number of methoxy groups -OCH3 is 1. The molecule has 0 bridgehead atoms. The van der Waals surface area contributed by atoms with Crippen molar-refractivity contribution in [1.82, 2.24) is 0 Å². The van der Waals surface area contributed by atoms with Crippen molar-refractivity contribution in [3.8, 4) is 0 Å². The third kappa shape index (κ3) is 5.28. The highest BCUT2D eigenvalue weighted by Crippen LogP contribution is 2.23. The minimum atomic E-state index is -0.151. The van der Waals surface area contributed by atoms with Gasteiger partial charge in [-0.15, -0.1) is 0 Å². The van der Waals surface area contributed by atoms with Crippen molar-refractivity contribution in [2.24, 2.45) is 0 Å². The van der Waals surface area contributed by atoms with Gasteiger partial charge in [-0.3, -0.25) is 0 Å². The number of ether oxygens (including phenoxy) is 2. The van der Waals surface area contributed by atoms with Gasteiger partial charge in [-0.2, -0.15) is 0 Å². The van der Waals surface area contributed by atoms with Gasteiger partial charge >= 0.3 is 0 Å². The second-order valence-electron chi connectivity index (χ2n) is 4.72. The molecule has 0 saturated heterocycles. The summed E-state index contributed by atoms with van der Waals surface area (Å²) < 4.78 is 11.2. The quantitative estimate of drug-likeness (QED) is 0.683. The molecule has 1 saturated carbocycles. The van der Waals surface area contributed by atoms with Gasteiger partial charge in [0.25, 0.3) is 0 Å². The molecule has 0 heterocycles. The average Bonchev–Trinajstić information content (AvgIpc) is 2.34. The fourth-order valence-corrected chi connectivity index (χ4v) is 2.24. The Balaban J connectivity index is 2.04. The van der Waals surface area contributed by atoms with Crippen LogP contribution in [-0.2, 0) is 9.47 Å². The lowest BCUT2D eigenvalue weighted by molar-refractivity contribution is -0.0321. The van der Waals surface area contributed by atoms with Gasteiger partial charge in [0.1, 0.15) is 0 Å². The van der Waals surface area contributed by atoms with Gasteiger partial charge in [0.15, 0.2) is 0 Å². The summed E-state index contributed by atoms with van der Waals surface area (Å²) in [5, 5.41) is 9.40. The summed E-state index contributed by atoms with van der Waals surface area (Å²) in [6.45, 7) is 2.79. The molecule has 1 fully saturated rings. The number of rotatable bonds is 7. The maximum Gasteiger partial charge on any atom is 0.0599 e. The second-order valence-corrected chi connectivity index (χ2v) is 4.72. The Morgan fingerprint density at radius 2 is 2.06 bits per heavy atom. The van der Waals surface area contributed by atoms with E-state index in [2.05, 4.69) is 0 Å². The van der Waals surface area contributed by atoms with Gasteiger partial charge in [-0.1, -0.05) is 6.92 Å². The first-order valence-electron chi connectivity index (χ1n) is 6.58. The predicted molar refractivity (Wildman–Crippen MR) is 64.5 cm³/mol. The van der Waals surface area contributed by atoms with Crippen LogP contribution in [0.25, 0.3) is 0 Å². The Bertz CT molecular complexity index is 173. The fourth-order valence-electron chi connectivity index (χ4n) is 2.24. The zero-order valence-electron chi connectivity index (χ0n) is 10.7. The average molecular weight is 230 g/mol. The summed E-state index contributed by atoms with van der Waals surface area (Å²) >= 11 is 0. The van der Waals surface area contributed by atoms with Crippen LogP contribution in [0.3, 0.4) is 0 Å². The molecule has 0 radical (unpaired) electrons. The SMILES string of the molecule is CCC(O)CCCOC1CCCC(OC)C1. The minimum Gasteiger partial charge on any atom is -0.393 e. The van der Waals surface area contributed by atoms with E-state index in [1.807, 2.05) is 6.92 Å². The summed E-state index contributed by atoms with van der Waals surface area (Å²) in [5.74, 6) is 0. The van der Waals surface area contributed by atoms with Crippen LogP contribution in [0.15, 0.2) is 0 Å². The Morgan fingerprint density at radius 3 is 2.75 bits per heavy atom. The molecule has 16 heavy (non-hydrogen) atoms. The summed E-state index contributed by atoms with van der Waals surface area (Å²) in [4.78, 5) is 0. The fraction of sp³-hybridized carbons (Fsp3) is 1.00. The summed E-state index contributed by atoms with van der Waals surface area (Å²) in [5.41, 5.74) is 0. The van der Waals surface area contributed by atoms with E-state index in [1.165, 1.54) is 12.8 Å². The monoisotopic (exact) mass is 230 g/mol. The molecule has 3 unspecified atom stereocenters. The highest BCUT2D eigenvalue weighted by atomic mass is 16.5. The highest BCUT2D eigenvalue weighted by Gasteiger charge is 2.21. The molecule has 0 aromatic rings. The molecule has 0 aliphatic heterocycles. The number of hydrogen-bond donors (Lipinski definition) is 1. The normalized spacial score (nSPS) is 27.9. The first-order valence-corrected chi connectivity index (χ1v) is 6.58. The smallest absolute Gasteiger partial charge is 0.0599 e. The third-order valence-corrected chi connectivity index (χ3v) is 3.42. The molecule has 3 nitrogen and oxygen atoms in total. The highest BCUT2D eigenvalue weighted by molar-refractivity contribution is 4.73. The van der Waals surface area contributed by atoms with Gasteiger partial charge in [0.05, 0.1) is 18.3 Å². The largest absolute Gasteiger partial charge is 0.393 e. The molecule has 0 aromatic carbocycles. The van der Waals surface area contributed by atoms with Gasteiger partial charge in [0.2, 0.25) is 0 Å². The van der Waals surface area contributed by atoms with Crippen LogP contribution in [0.4, 0.5) is 0 Å². The van der Waals surface area contributed by atoms with Crippen molar-refractivity contribution in [2.45, 2.75) is 70.2 Å². The zero-order chi connectivity index (χ0) is 11.8. The Labute approximate surface area is 99.1 Å². The molecule has 3 atom stereocenters. The third-order valence-electron chi connectivity index (χ3n) is 3.42.